The molecule has 0 N–H and O–H groups in total. The van der Waals surface area contributed by atoms with Crippen molar-refractivity contribution in [3.05, 3.63) is 44.7 Å². The van der Waals surface area contributed by atoms with Crippen LogP contribution < -0.4 is 5.56 Å². The van der Waals surface area contributed by atoms with Gasteiger partial charge in [0.2, 0.25) is 5.16 Å². The highest BCUT2D eigenvalue weighted by Crippen LogP contribution is 2.33. The Balaban J connectivity index is 2.37. The fourth-order valence-electron chi connectivity index (χ4n) is 2.18. The minimum atomic E-state index is -1.39. The Kier molecular flexibility index (Phi) is 4.18. The lowest BCUT2D eigenvalue weighted by atomic mass is 10.1. The number of nitrogens with zero attached hydrogens (tertiary/aromatic N) is 4. The number of aryl methyl sites for hydroxylation is 1. The van der Waals surface area contributed by atoms with Crippen LogP contribution in [0.2, 0.25) is 10.0 Å². The molecule has 0 aliphatic heterocycles. The van der Waals surface area contributed by atoms with Gasteiger partial charge in [0.15, 0.2) is 5.65 Å². The maximum atomic E-state index is 12.7. The zero-order chi connectivity index (χ0) is 16.7. The van der Waals surface area contributed by atoms with Crippen molar-refractivity contribution in [1.82, 2.24) is 19.7 Å². The standard InChI is InChI=1S/C14H10Cl2N4O2S/c1-20-12-10(18-19-14(17-12)23(2)22)6-7(13(20)21)11-8(15)4-3-5-9(11)16/h3-6H,1-2H3. The van der Waals surface area contributed by atoms with Gasteiger partial charge in [-0.05, 0) is 18.2 Å². The van der Waals surface area contributed by atoms with E-state index in [2.05, 4.69) is 15.2 Å². The van der Waals surface area contributed by atoms with Gasteiger partial charge >= 0.3 is 0 Å². The summed E-state index contributed by atoms with van der Waals surface area (Å²) in [7, 11) is 0.161. The van der Waals surface area contributed by atoms with E-state index in [1.54, 1.807) is 25.2 Å². The summed E-state index contributed by atoms with van der Waals surface area (Å²) in [6.07, 6.45) is 1.44. The van der Waals surface area contributed by atoms with Crippen molar-refractivity contribution in [1.29, 1.82) is 0 Å². The minimum Gasteiger partial charge on any atom is -0.294 e. The van der Waals surface area contributed by atoms with Crippen molar-refractivity contribution in [3.8, 4) is 11.1 Å². The van der Waals surface area contributed by atoms with Gasteiger partial charge in [-0.3, -0.25) is 13.6 Å². The first kappa shape index (κ1) is 16.0. The summed E-state index contributed by atoms with van der Waals surface area (Å²) in [6.45, 7) is 0. The van der Waals surface area contributed by atoms with Crippen LogP contribution in [0.25, 0.3) is 22.3 Å². The number of rotatable bonds is 2. The summed E-state index contributed by atoms with van der Waals surface area (Å²) < 4.78 is 12.8. The Bertz CT molecular complexity index is 999. The van der Waals surface area contributed by atoms with Crippen LogP contribution in [0.5, 0.6) is 0 Å². The predicted molar refractivity (Wildman–Crippen MR) is 90.4 cm³/mol. The highest BCUT2D eigenvalue weighted by molar-refractivity contribution is 7.84. The van der Waals surface area contributed by atoms with E-state index in [0.717, 1.165) is 0 Å². The number of fused-ring (bicyclic) bond motifs is 1. The van der Waals surface area contributed by atoms with Gasteiger partial charge in [0.05, 0.1) is 26.4 Å². The first-order valence-electron chi connectivity index (χ1n) is 6.42. The number of halogens is 2. The summed E-state index contributed by atoms with van der Waals surface area (Å²) in [5, 5.41) is 8.60. The third-order valence-corrected chi connectivity index (χ3v) is 4.61. The number of benzene rings is 1. The summed E-state index contributed by atoms with van der Waals surface area (Å²) in [6, 6.07) is 6.54. The average molecular weight is 369 g/mol. The molecule has 23 heavy (non-hydrogen) atoms. The molecule has 0 aliphatic rings. The van der Waals surface area contributed by atoms with Crippen LogP contribution in [0.3, 0.4) is 0 Å². The molecule has 0 aliphatic carbocycles. The topological polar surface area (TPSA) is 77.7 Å². The predicted octanol–water partition coefficient (Wildman–Crippen LogP) is 2.43. The van der Waals surface area contributed by atoms with Crippen LogP contribution in [0, 0.1) is 0 Å². The van der Waals surface area contributed by atoms with Crippen LogP contribution in [-0.4, -0.2) is 30.2 Å². The highest BCUT2D eigenvalue weighted by atomic mass is 35.5. The Morgan fingerprint density at radius 1 is 1.17 bits per heavy atom. The van der Waals surface area contributed by atoms with Crippen molar-refractivity contribution < 1.29 is 4.21 Å². The Morgan fingerprint density at radius 3 is 2.43 bits per heavy atom. The molecule has 118 valence electrons. The zero-order valence-electron chi connectivity index (χ0n) is 12.1. The van der Waals surface area contributed by atoms with Gasteiger partial charge < -0.3 is 0 Å². The molecule has 0 spiro atoms. The van der Waals surface area contributed by atoms with Crippen LogP contribution in [-0.2, 0) is 17.8 Å². The average Bonchev–Trinajstić information content (AvgIpc) is 2.51. The normalized spacial score (nSPS) is 12.5. The van der Waals surface area contributed by atoms with E-state index in [9.17, 15) is 9.00 Å². The van der Waals surface area contributed by atoms with E-state index in [0.29, 0.717) is 32.3 Å². The SMILES string of the molecule is Cn1c(=O)c(-c2c(Cl)cccc2Cl)cc2nnc(S(C)=O)nc21. The molecule has 6 nitrogen and oxygen atoms in total. The molecular weight excluding hydrogens is 359 g/mol. The van der Waals surface area contributed by atoms with E-state index < -0.39 is 10.8 Å². The lowest BCUT2D eigenvalue weighted by Crippen LogP contribution is -2.21. The van der Waals surface area contributed by atoms with E-state index in [1.165, 1.54) is 16.9 Å². The smallest absolute Gasteiger partial charge is 0.260 e. The zero-order valence-corrected chi connectivity index (χ0v) is 14.4. The number of hydrogen-bond acceptors (Lipinski definition) is 5. The molecule has 0 bridgehead atoms. The molecule has 0 amide bonds. The lowest BCUT2D eigenvalue weighted by molar-refractivity contribution is 0.675. The summed E-state index contributed by atoms with van der Waals surface area (Å²) in [4.78, 5) is 16.8. The molecule has 1 unspecified atom stereocenters. The van der Waals surface area contributed by atoms with Gasteiger partial charge in [-0.25, -0.2) is 0 Å². The molecule has 9 heteroatoms. The molecule has 1 atom stereocenters. The van der Waals surface area contributed by atoms with Crippen LogP contribution in [0.4, 0.5) is 0 Å². The summed E-state index contributed by atoms with van der Waals surface area (Å²) in [5.74, 6) is 0. The molecule has 3 aromatic rings. The van der Waals surface area contributed by atoms with Gasteiger partial charge in [0, 0.05) is 18.9 Å². The molecule has 0 fully saturated rings. The lowest BCUT2D eigenvalue weighted by Gasteiger charge is -2.10. The second-order valence-corrected chi connectivity index (χ2v) is 6.86. The van der Waals surface area contributed by atoms with Crippen LogP contribution in [0.15, 0.2) is 34.2 Å². The fourth-order valence-corrected chi connectivity index (χ4v) is 3.16. The second kappa shape index (κ2) is 5.99. The third kappa shape index (κ3) is 2.75. The number of aromatic nitrogens is 4. The largest absolute Gasteiger partial charge is 0.294 e. The van der Waals surface area contributed by atoms with Crippen molar-refractivity contribution in [2.24, 2.45) is 7.05 Å². The summed E-state index contributed by atoms with van der Waals surface area (Å²) in [5.41, 5.74) is 1.08. The maximum Gasteiger partial charge on any atom is 0.260 e. The molecule has 0 saturated heterocycles. The van der Waals surface area contributed by atoms with Crippen molar-refractivity contribution in [2.45, 2.75) is 5.16 Å². The summed E-state index contributed by atoms with van der Waals surface area (Å²) >= 11 is 12.4. The Hall–Kier alpha value is -1.83. The molecular formula is C14H10Cl2N4O2S. The van der Waals surface area contributed by atoms with Gasteiger partial charge in [0.1, 0.15) is 5.52 Å². The first-order chi connectivity index (χ1) is 10.9. The van der Waals surface area contributed by atoms with Gasteiger partial charge in [-0.2, -0.15) is 4.98 Å². The van der Waals surface area contributed by atoms with E-state index in [-0.39, 0.29) is 10.7 Å². The highest BCUT2D eigenvalue weighted by Gasteiger charge is 2.17. The number of hydrogen-bond donors (Lipinski definition) is 0. The van der Waals surface area contributed by atoms with E-state index in [4.69, 9.17) is 23.2 Å². The van der Waals surface area contributed by atoms with Gasteiger partial charge in [-0.1, -0.05) is 29.3 Å². The van der Waals surface area contributed by atoms with Gasteiger partial charge in [0.25, 0.3) is 5.56 Å². The van der Waals surface area contributed by atoms with E-state index in [1.807, 2.05) is 0 Å². The molecule has 0 saturated carbocycles. The van der Waals surface area contributed by atoms with E-state index >= 15 is 0 Å². The second-order valence-electron chi connectivity index (χ2n) is 4.78. The molecule has 2 heterocycles. The first-order valence-corrected chi connectivity index (χ1v) is 8.74. The van der Waals surface area contributed by atoms with Gasteiger partial charge in [-0.15, -0.1) is 10.2 Å². The minimum absolute atomic E-state index is 0.0658. The Labute approximate surface area is 143 Å². The monoisotopic (exact) mass is 368 g/mol. The quantitative estimate of drug-likeness (QED) is 0.693. The number of pyridine rings is 1. The maximum absolute atomic E-state index is 12.7. The van der Waals surface area contributed by atoms with Crippen molar-refractivity contribution in [2.75, 3.05) is 6.26 Å². The fraction of sp³-hybridized carbons (Fsp3) is 0.143. The molecule has 2 aromatic heterocycles. The third-order valence-electron chi connectivity index (χ3n) is 3.30. The van der Waals surface area contributed by atoms with Crippen molar-refractivity contribution >= 4 is 45.2 Å². The Morgan fingerprint density at radius 2 is 1.83 bits per heavy atom. The van der Waals surface area contributed by atoms with Crippen LogP contribution >= 0.6 is 23.2 Å². The van der Waals surface area contributed by atoms with Crippen LogP contribution in [0.1, 0.15) is 0 Å². The molecule has 0 radical (unpaired) electrons. The molecule has 1 aromatic carbocycles. The van der Waals surface area contributed by atoms with Crippen molar-refractivity contribution in [3.63, 3.8) is 0 Å². The molecule has 3 rings (SSSR count).